The van der Waals surface area contributed by atoms with Crippen LogP contribution in [0.3, 0.4) is 0 Å². The van der Waals surface area contributed by atoms with Crippen LogP contribution in [-0.4, -0.2) is 11.6 Å². The molecule has 5 fully saturated rings. The number of fused-ring (bicyclic) bond motifs is 1. The van der Waals surface area contributed by atoms with Gasteiger partial charge in [0.15, 0.2) is 0 Å². The van der Waals surface area contributed by atoms with Gasteiger partial charge in [-0.2, -0.15) is 19.6 Å². The van der Waals surface area contributed by atoms with Gasteiger partial charge in [-0.3, -0.25) is 0 Å². The summed E-state index contributed by atoms with van der Waals surface area (Å²) in [5, 5.41) is 0. The molecule has 0 atom stereocenters. The molecule has 4 heteroatoms. The lowest BCUT2D eigenvalue weighted by molar-refractivity contribution is -0.678. The van der Waals surface area contributed by atoms with E-state index in [1.165, 1.54) is 43.2 Å². The minimum absolute atomic E-state index is 0.432. The van der Waals surface area contributed by atoms with Gasteiger partial charge in [0.05, 0.1) is 0 Å². The fraction of sp³-hybridized carbons (Fsp3) is 0.700. The Hall–Kier alpha value is -0.940. The van der Waals surface area contributed by atoms with Crippen LogP contribution >= 0.6 is 0 Å². The van der Waals surface area contributed by atoms with E-state index in [9.17, 15) is 0 Å². The third kappa shape index (κ3) is 1.88. The van der Waals surface area contributed by atoms with Crippen molar-refractivity contribution < 1.29 is 19.6 Å². The molecular weight excluding hydrogens is 304 g/mol. The average Bonchev–Trinajstić information content (AvgIpc) is 2.61. The minimum atomic E-state index is -0.770. The van der Waals surface area contributed by atoms with E-state index in [1.807, 2.05) is 0 Å². The van der Waals surface area contributed by atoms with Crippen LogP contribution in [0.25, 0.3) is 0 Å². The van der Waals surface area contributed by atoms with Crippen molar-refractivity contribution in [3.8, 4) is 0 Å². The largest absolute Gasteiger partial charge is 0.239 e. The first-order valence-corrected chi connectivity index (χ1v) is 9.55. The quantitative estimate of drug-likeness (QED) is 0.676. The second-order valence-corrected chi connectivity index (χ2v) is 8.72. The first-order chi connectivity index (χ1) is 11.7. The number of hydrogen-bond acceptors (Lipinski definition) is 4. The lowest BCUT2D eigenvalue weighted by atomic mass is 9.53. The number of benzene rings is 1. The van der Waals surface area contributed by atoms with Crippen LogP contribution in [0.4, 0.5) is 0 Å². The van der Waals surface area contributed by atoms with E-state index in [0.717, 1.165) is 24.7 Å². The summed E-state index contributed by atoms with van der Waals surface area (Å²) in [6.07, 6.45) is 8.63. The number of hydrogen-bond donors (Lipinski definition) is 0. The smallest absolute Gasteiger partial charge is 0.194 e. The predicted molar refractivity (Wildman–Crippen MR) is 85.3 cm³/mol. The van der Waals surface area contributed by atoms with Crippen LogP contribution in [-0.2, 0) is 32.4 Å². The second kappa shape index (κ2) is 4.82. The highest BCUT2D eigenvalue weighted by Crippen LogP contribution is 2.61. The molecule has 4 bridgehead atoms. The average molecular weight is 328 g/mol. The standard InChI is InChI=1S/C20H24O4/c1-2-4-16-12-19(6-5-15(16)3-1)21-23-20(24-22-19)17-8-13-7-14(10-17)11-18(20)9-13/h1-4,13-14,17-18H,5-12H2. The van der Waals surface area contributed by atoms with Crippen LogP contribution < -0.4 is 0 Å². The normalized spacial score (nSPS) is 48.8. The van der Waals surface area contributed by atoms with Crippen molar-refractivity contribution in [2.75, 3.05) is 0 Å². The summed E-state index contributed by atoms with van der Waals surface area (Å²) in [5.41, 5.74) is 2.65. The van der Waals surface area contributed by atoms with Crippen molar-refractivity contribution in [3.05, 3.63) is 35.4 Å². The first-order valence-electron chi connectivity index (χ1n) is 9.55. The van der Waals surface area contributed by atoms with E-state index < -0.39 is 11.6 Å². The molecule has 1 saturated heterocycles. The Bertz CT molecular complexity index is 631. The minimum Gasteiger partial charge on any atom is -0.194 e. The Kier molecular flexibility index (Phi) is 2.86. The van der Waals surface area contributed by atoms with E-state index in [-0.39, 0.29) is 0 Å². The van der Waals surface area contributed by atoms with Crippen molar-refractivity contribution in [1.82, 2.24) is 0 Å². The Labute approximate surface area is 142 Å². The summed E-state index contributed by atoms with van der Waals surface area (Å²) < 4.78 is 0. The Morgan fingerprint density at radius 2 is 1.38 bits per heavy atom. The maximum atomic E-state index is 6.10. The molecular formula is C20H24O4. The molecule has 0 N–H and O–H groups in total. The van der Waals surface area contributed by atoms with E-state index in [4.69, 9.17) is 19.6 Å². The van der Waals surface area contributed by atoms with Crippen LogP contribution in [0.15, 0.2) is 24.3 Å². The molecule has 1 aromatic rings. The fourth-order valence-electron chi connectivity index (χ4n) is 6.24. The van der Waals surface area contributed by atoms with Gasteiger partial charge in [-0.05, 0) is 61.5 Å². The zero-order valence-corrected chi connectivity index (χ0v) is 13.9. The summed E-state index contributed by atoms with van der Waals surface area (Å²) in [5.74, 6) is 1.18. The van der Waals surface area contributed by atoms with Crippen molar-refractivity contribution in [2.24, 2.45) is 23.7 Å². The van der Waals surface area contributed by atoms with Gasteiger partial charge in [-0.1, -0.05) is 24.3 Å². The lowest BCUT2D eigenvalue weighted by Gasteiger charge is -2.60. The summed E-state index contributed by atoms with van der Waals surface area (Å²) in [6.45, 7) is 0. The van der Waals surface area contributed by atoms with Gasteiger partial charge >= 0.3 is 0 Å². The Morgan fingerprint density at radius 3 is 2.04 bits per heavy atom. The van der Waals surface area contributed by atoms with E-state index >= 15 is 0 Å². The highest BCUT2D eigenvalue weighted by molar-refractivity contribution is 5.30. The highest BCUT2D eigenvalue weighted by atomic mass is 17.4. The highest BCUT2D eigenvalue weighted by Gasteiger charge is 2.64. The molecule has 0 radical (unpaired) electrons. The predicted octanol–water partition coefficient (Wildman–Crippen LogP) is 3.93. The number of aryl methyl sites for hydroxylation is 1. The summed E-state index contributed by atoms with van der Waals surface area (Å²) >= 11 is 0. The van der Waals surface area contributed by atoms with Crippen LogP contribution in [0.5, 0.6) is 0 Å². The maximum Gasteiger partial charge on any atom is 0.239 e. The molecule has 1 heterocycles. The van der Waals surface area contributed by atoms with Gasteiger partial charge in [0, 0.05) is 24.7 Å². The number of rotatable bonds is 0. The van der Waals surface area contributed by atoms with Crippen molar-refractivity contribution in [2.45, 2.75) is 62.9 Å². The fourth-order valence-corrected chi connectivity index (χ4v) is 6.24. The van der Waals surface area contributed by atoms with Gasteiger partial charge in [-0.15, -0.1) is 0 Å². The van der Waals surface area contributed by atoms with Crippen molar-refractivity contribution in [1.29, 1.82) is 0 Å². The van der Waals surface area contributed by atoms with Gasteiger partial charge in [0.2, 0.25) is 11.6 Å². The Balaban J connectivity index is 1.25. The molecule has 128 valence electrons. The third-order valence-electron chi connectivity index (χ3n) is 7.28. The van der Waals surface area contributed by atoms with Gasteiger partial charge < -0.3 is 0 Å². The zero-order valence-electron chi connectivity index (χ0n) is 13.9. The maximum absolute atomic E-state index is 6.10. The van der Waals surface area contributed by atoms with Gasteiger partial charge in [0.25, 0.3) is 0 Å². The van der Waals surface area contributed by atoms with Crippen LogP contribution in [0.1, 0.15) is 49.7 Å². The lowest BCUT2D eigenvalue weighted by Crippen LogP contribution is -2.65. The second-order valence-electron chi connectivity index (χ2n) is 8.72. The molecule has 4 saturated carbocycles. The van der Waals surface area contributed by atoms with Crippen LogP contribution in [0, 0.1) is 23.7 Å². The van der Waals surface area contributed by atoms with E-state index in [1.54, 1.807) is 0 Å². The molecule has 24 heavy (non-hydrogen) atoms. The monoisotopic (exact) mass is 328 g/mol. The molecule has 2 spiro atoms. The molecule has 5 aliphatic carbocycles. The van der Waals surface area contributed by atoms with E-state index in [2.05, 4.69) is 24.3 Å². The van der Waals surface area contributed by atoms with Gasteiger partial charge in [-0.25, -0.2) is 0 Å². The van der Waals surface area contributed by atoms with Gasteiger partial charge in [0.1, 0.15) is 0 Å². The summed E-state index contributed by atoms with van der Waals surface area (Å²) in [4.78, 5) is 24.2. The van der Waals surface area contributed by atoms with Crippen LogP contribution in [0.2, 0.25) is 0 Å². The molecule has 1 aromatic carbocycles. The first kappa shape index (κ1) is 14.3. The summed E-state index contributed by atoms with van der Waals surface area (Å²) in [7, 11) is 0. The van der Waals surface area contributed by atoms with E-state index in [0.29, 0.717) is 18.3 Å². The Morgan fingerprint density at radius 1 is 0.750 bits per heavy atom. The molecule has 6 aliphatic rings. The molecule has 0 aromatic heterocycles. The van der Waals surface area contributed by atoms with Crippen molar-refractivity contribution in [3.63, 3.8) is 0 Å². The summed E-state index contributed by atoms with van der Waals surface area (Å²) in [6, 6.07) is 8.50. The SMILES string of the molecule is c1ccc2c(c1)CCC1(C2)OOC2(OO1)C1CC3CC(C1)CC2C3. The molecule has 0 amide bonds. The third-order valence-corrected chi connectivity index (χ3v) is 7.28. The topological polar surface area (TPSA) is 36.9 Å². The molecule has 1 aliphatic heterocycles. The van der Waals surface area contributed by atoms with Crippen molar-refractivity contribution >= 4 is 0 Å². The zero-order chi connectivity index (χ0) is 15.8. The molecule has 7 rings (SSSR count). The molecule has 4 nitrogen and oxygen atoms in total. The molecule has 0 unspecified atom stereocenters.